The van der Waals surface area contributed by atoms with Crippen molar-refractivity contribution in [3.63, 3.8) is 0 Å². The van der Waals surface area contributed by atoms with Crippen LogP contribution >= 0.6 is 0 Å². The summed E-state index contributed by atoms with van der Waals surface area (Å²) in [5, 5.41) is 3.09. The summed E-state index contributed by atoms with van der Waals surface area (Å²) in [6, 6.07) is 4.70. The van der Waals surface area contributed by atoms with Crippen molar-refractivity contribution >= 4 is 16.5 Å². The summed E-state index contributed by atoms with van der Waals surface area (Å²) in [5.74, 6) is -0.449. The molecule has 5 heteroatoms. The maximum absolute atomic E-state index is 13.5. The van der Waals surface area contributed by atoms with Crippen molar-refractivity contribution in [3.05, 3.63) is 24.0 Å². The van der Waals surface area contributed by atoms with E-state index >= 15 is 0 Å². The molecule has 0 aliphatic carbocycles. The van der Waals surface area contributed by atoms with Gasteiger partial charge in [-0.15, -0.1) is 0 Å². The Labute approximate surface area is 97.5 Å². The van der Waals surface area contributed by atoms with E-state index in [1.165, 1.54) is 18.4 Å². The van der Waals surface area contributed by atoms with Crippen LogP contribution in [0.5, 0.6) is 0 Å². The third-order valence-electron chi connectivity index (χ3n) is 2.07. The summed E-state index contributed by atoms with van der Waals surface area (Å²) in [5.41, 5.74) is 0.663. The highest BCUT2D eigenvalue weighted by Gasteiger charge is 2.08. The molecule has 1 aromatic rings. The lowest BCUT2D eigenvalue weighted by molar-refractivity contribution is 0.190. The van der Waals surface area contributed by atoms with E-state index in [1.54, 1.807) is 13.2 Å². The average Bonchev–Trinajstić information content (AvgIpc) is 2.17. The molecular formula is C11H16FNO2S. The first-order chi connectivity index (χ1) is 7.54. The van der Waals surface area contributed by atoms with Gasteiger partial charge in [-0.25, -0.2) is 4.39 Å². The number of halogens is 1. The molecule has 0 heterocycles. The lowest BCUT2D eigenvalue weighted by Crippen LogP contribution is -2.20. The predicted octanol–water partition coefficient (Wildman–Crippen LogP) is 2.01. The van der Waals surface area contributed by atoms with E-state index in [1.807, 2.05) is 6.92 Å². The molecule has 0 bridgehead atoms. The Morgan fingerprint density at radius 1 is 1.56 bits per heavy atom. The number of benzene rings is 1. The fraction of sp³-hybridized carbons (Fsp3) is 0.455. The second-order valence-electron chi connectivity index (χ2n) is 3.60. The maximum atomic E-state index is 13.5. The van der Waals surface area contributed by atoms with Crippen LogP contribution in [0.3, 0.4) is 0 Å². The van der Waals surface area contributed by atoms with E-state index in [2.05, 4.69) is 5.32 Å². The van der Waals surface area contributed by atoms with Gasteiger partial charge in [0.25, 0.3) is 0 Å². The van der Waals surface area contributed by atoms with Crippen molar-refractivity contribution in [2.24, 2.45) is 0 Å². The molecule has 0 aliphatic heterocycles. The molecule has 0 amide bonds. The molecule has 1 N–H and O–H groups in total. The Hall–Kier alpha value is -0.940. The topological polar surface area (TPSA) is 38.3 Å². The van der Waals surface area contributed by atoms with Gasteiger partial charge in [0.15, 0.2) is 0 Å². The van der Waals surface area contributed by atoms with Crippen LogP contribution in [0.2, 0.25) is 0 Å². The molecular weight excluding hydrogens is 229 g/mol. The Morgan fingerprint density at radius 2 is 2.25 bits per heavy atom. The fourth-order valence-corrected chi connectivity index (χ4v) is 1.99. The normalized spacial score (nSPS) is 14.5. The average molecular weight is 245 g/mol. The summed E-state index contributed by atoms with van der Waals surface area (Å²) in [7, 11) is 0.321. The number of nitrogens with one attached hydrogen (secondary N) is 1. The van der Waals surface area contributed by atoms with Gasteiger partial charge in [0, 0.05) is 25.1 Å². The Bertz CT molecular complexity index is 384. The van der Waals surface area contributed by atoms with Crippen LogP contribution < -0.4 is 5.32 Å². The van der Waals surface area contributed by atoms with Gasteiger partial charge < -0.3 is 10.1 Å². The molecule has 2 atom stereocenters. The van der Waals surface area contributed by atoms with E-state index < -0.39 is 16.6 Å². The summed E-state index contributed by atoms with van der Waals surface area (Å²) in [6.07, 6.45) is 1.46. The maximum Gasteiger partial charge on any atom is 0.141 e. The number of hydrogen-bond donors (Lipinski definition) is 1. The minimum atomic E-state index is -1.29. The Morgan fingerprint density at radius 3 is 2.75 bits per heavy atom. The zero-order valence-electron chi connectivity index (χ0n) is 9.62. The Kier molecular flexibility index (Phi) is 4.89. The third kappa shape index (κ3) is 3.57. The van der Waals surface area contributed by atoms with E-state index in [9.17, 15) is 8.60 Å². The van der Waals surface area contributed by atoms with E-state index in [0.29, 0.717) is 12.3 Å². The van der Waals surface area contributed by atoms with Crippen LogP contribution in [0.25, 0.3) is 0 Å². The second kappa shape index (κ2) is 5.96. The van der Waals surface area contributed by atoms with E-state index in [4.69, 9.17) is 4.74 Å². The van der Waals surface area contributed by atoms with Crippen LogP contribution in [-0.2, 0) is 15.5 Å². The number of ether oxygens (including phenoxy) is 1. The fourth-order valence-electron chi connectivity index (χ4n) is 1.40. The monoisotopic (exact) mass is 245 g/mol. The smallest absolute Gasteiger partial charge is 0.141 e. The number of rotatable bonds is 5. The number of methoxy groups -OCH3 is 1. The molecule has 0 radical (unpaired) electrons. The highest BCUT2D eigenvalue weighted by Crippen LogP contribution is 2.17. The second-order valence-corrected chi connectivity index (χ2v) is 4.95. The van der Waals surface area contributed by atoms with Gasteiger partial charge in [0.2, 0.25) is 0 Å². The zero-order chi connectivity index (χ0) is 12.1. The van der Waals surface area contributed by atoms with Gasteiger partial charge in [-0.2, -0.15) is 0 Å². The van der Waals surface area contributed by atoms with Crippen LogP contribution in [0, 0.1) is 5.82 Å². The zero-order valence-corrected chi connectivity index (χ0v) is 10.4. The summed E-state index contributed by atoms with van der Waals surface area (Å²) in [6.45, 7) is 2.48. The SMILES string of the molecule is COCC(C)Nc1ccc(S(C)=O)c(F)c1. The Balaban J connectivity index is 2.77. The first-order valence-electron chi connectivity index (χ1n) is 4.93. The van der Waals surface area contributed by atoms with Gasteiger partial charge in [-0.05, 0) is 25.1 Å². The quantitative estimate of drug-likeness (QED) is 0.862. The van der Waals surface area contributed by atoms with Gasteiger partial charge >= 0.3 is 0 Å². The van der Waals surface area contributed by atoms with E-state index in [0.717, 1.165) is 0 Å². The van der Waals surface area contributed by atoms with Crippen molar-refractivity contribution in [2.45, 2.75) is 17.9 Å². The minimum Gasteiger partial charge on any atom is -0.383 e. The third-order valence-corrected chi connectivity index (χ3v) is 3.02. The molecule has 0 aromatic heterocycles. The first kappa shape index (κ1) is 13.1. The van der Waals surface area contributed by atoms with Crippen LogP contribution in [0.1, 0.15) is 6.92 Å². The first-order valence-corrected chi connectivity index (χ1v) is 6.49. The summed E-state index contributed by atoms with van der Waals surface area (Å²) in [4.78, 5) is 0.227. The molecule has 0 saturated heterocycles. The number of anilines is 1. The standard InChI is InChI=1S/C11H16FNO2S/c1-8(7-15-2)13-9-4-5-11(16(3)14)10(12)6-9/h4-6,8,13H,7H2,1-3H3. The summed E-state index contributed by atoms with van der Waals surface area (Å²) < 4.78 is 29.6. The molecule has 90 valence electrons. The van der Waals surface area contributed by atoms with Crippen LogP contribution in [-0.4, -0.2) is 30.2 Å². The lowest BCUT2D eigenvalue weighted by Gasteiger charge is -2.14. The van der Waals surface area contributed by atoms with Gasteiger partial charge in [-0.1, -0.05) is 0 Å². The highest BCUT2D eigenvalue weighted by atomic mass is 32.2. The molecule has 3 nitrogen and oxygen atoms in total. The predicted molar refractivity (Wildman–Crippen MR) is 63.7 cm³/mol. The lowest BCUT2D eigenvalue weighted by atomic mass is 10.2. The van der Waals surface area contributed by atoms with Crippen molar-refractivity contribution in [1.29, 1.82) is 0 Å². The summed E-state index contributed by atoms with van der Waals surface area (Å²) >= 11 is 0. The van der Waals surface area contributed by atoms with Gasteiger partial charge in [0.05, 0.1) is 22.3 Å². The molecule has 0 spiro atoms. The largest absolute Gasteiger partial charge is 0.383 e. The van der Waals surface area contributed by atoms with Gasteiger partial charge in [-0.3, -0.25) is 4.21 Å². The minimum absolute atomic E-state index is 0.0994. The molecule has 2 unspecified atom stereocenters. The van der Waals surface area contributed by atoms with Crippen molar-refractivity contribution in [2.75, 3.05) is 25.3 Å². The highest BCUT2D eigenvalue weighted by molar-refractivity contribution is 7.84. The van der Waals surface area contributed by atoms with E-state index in [-0.39, 0.29) is 10.9 Å². The van der Waals surface area contributed by atoms with Crippen LogP contribution in [0.15, 0.2) is 23.1 Å². The van der Waals surface area contributed by atoms with Crippen molar-refractivity contribution in [3.8, 4) is 0 Å². The van der Waals surface area contributed by atoms with Crippen molar-refractivity contribution in [1.82, 2.24) is 0 Å². The molecule has 1 aromatic carbocycles. The van der Waals surface area contributed by atoms with Crippen molar-refractivity contribution < 1.29 is 13.3 Å². The molecule has 0 aliphatic rings. The number of hydrogen-bond acceptors (Lipinski definition) is 3. The molecule has 16 heavy (non-hydrogen) atoms. The molecule has 0 saturated carbocycles. The molecule has 0 fully saturated rings. The molecule has 1 rings (SSSR count). The van der Waals surface area contributed by atoms with Crippen LogP contribution in [0.4, 0.5) is 10.1 Å². The van der Waals surface area contributed by atoms with Gasteiger partial charge in [0.1, 0.15) is 5.82 Å².